The fourth-order valence-electron chi connectivity index (χ4n) is 3.26. The molecule has 28 heavy (non-hydrogen) atoms. The van der Waals surface area contributed by atoms with Crippen molar-refractivity contribution in [3.63, 3.8) is 0 Å². The molecule has 3 aromatic rings. The summed E-state index contributed by atoms with van der Waals surface area (Å²) in [5, 5.41) is 8.22. The average Bonchev–Trinajstić information content (AvgIpc) is 3.40. The summed E-state index contributed by atoms with van der Waals surface area (Å²) in [7, 11) is 0. The van der Waals surface area contributed by atoms with E-state index in [2.05, 4.69) is 44.3 Å². The predicted molar refractivity (Wildman–Crippen MR) is 108 cm³/mol. The first-order valence-electron chi connectivity index (χ1n) is 9.38. The number of hydrogen-bond acceptors (Lipinski definition) is 6. The number of nitrogens with zero attached hydrogens (tertiary/aromatic N) is 4. The molecule has 146 valence electrons. The zero-order valence-electron chi connectivity index (χ0n) is 15.7. The Kier molecular flexibility index (Phi) is 5.78. The molecule has 0 spiro atoms. The summed E-state index contributed by atoms with van der Waals surface area (Å²) in [6.07, 6.45) is 1.80. The third-order valence-electron chi connectivity index (χ3n) is 4.79. The summed E-state index contributed by atoms with van der Waals surface area (Å²) in [5.41, 5.74) is 2.08. The van der Waals surface area contributed by atoms with Crippen LogP contribution in [-0.2, 0) is 11.3 Å². The second kappa shape index (κ2) is 8.62. The number of nitrogens with one attached hydrogen (secondary N) is 1. The third-order valence-corrected chi connectivity index (χ3v) is 5.71. The maximum Gasteiger partial charge on any atom is 0.277 e. The van der Waals surface area contributed by atoms with E-state index in [-0.39, 0.29) is 11.2 Å². The van der Waals surface area contributed by atoms with Crippen molar-refractivity contribution in [2.75, 3.05) is 26.2 Å². The van der Waals surface area contributed by atoms with Crippen LogP contribution in [0.4, 0.5) is 0 Å². The first-order chi connectivity index (χ1) is 13.7. The van der Waals surface area contributed by atoms with E-state index in [4.69, 9.17) is 4.42 Å². The van der Waals surface area contributed by atoms with Crippen LogP contribution in [0.15, 0.2) is 58.3 Å². The van der Waals surface area contributed by atoms with E-state index in [1.807, 2.05) is 30.0 Å². The van der Waals surface area contributed by atoms with Crippen molar-refractivity contribution in [1.29, 1.82) is 0 Å². The van der Waals surface area contributed by atoms with Crippen LogP contribution in [-0.4, -0.2) is 62.3 Å². The summed E-state index contributed by atoms with van der Waals surface area (Å²) in [5.74, 6) is 0.547. The van der Waals surface area contributed by atoms with Gasteiger partial charge in [-0.3, -0.25) is 9.69 Å². The maximum atomic E-state index is 12.8. The molecule has 1 fully saturated rings. The highest BCUT2D eigenvalue weighted by molar-refractivity contribution is 8.00. The molecule has 1 saturated heterocycles. The zero-order chi connectivity index (χ0) is 19.3. The topological polar surface area (TPSA) is 78.3 Å². The molecule has 0 radical (unpaired) electrons. The van der Waals surface area contributed by atoms with Crippen LogP contribution < -0.4 is 0 Å². The molecule has 2 aromatic heterocycles. The average molecular weight is 398 g/mol. The van der Waals surface area contributed by atoms with Crippen molar-refractivity contribution in [2.24, 2.45) is 0 Å². The van der Waals surface area contributed by atoms with Gasteiger partial charge in [0.15, 0.2) is 0 Å². The van der Waals surface area contributed by atoms with E-state index >= 15 is 0 Å². The van der Waals surface area contributed by atoms with Crippen LogP contribution in [0.5, 0.6) is 0 Å². The molecule has 1 N–H and O–H groups in total. The van der Waals surface area contributed by atoms with Gasteiger partial charge in [-0.2, -0.15) is 0 Å². The van der Waals surface area contributed by atoms with E-state index in [0.29, 0.717) is 11.1 Å². The molecule has 1 amide bonds. The molecular weight excluding hydrogens is 374 g/mol. The molecule has 1 aromatic carbocycles. The quantitative estimate of drug-likeness (QED) is 0.645. The highest BCUT2D eigenvalue weighted by Crippen LogP contribution is 2.26. The van der Waals surface area contributed by atoms with Crippen LogP contribution in [0.1, 0.15) is 12.5 Å². The fraction of sp³-hybridized carbons (Fsp3) is 0.350. The summed E-state index contributed by atoms with van der Waals surface area (Å²) >= 11 is 1.31. The molecule has 3 heterocycles. The Labute approximate surface area is 168 Å². The number of carbonyl (C=O) groups excluding carboxylic acids is 1. The first kappa shape index (κ1) is 18.8. The van der Waals surface area contributed by atoms with E-state index in [1.165, 1.54) is 17.3 Å². The van der Waals surface area contributed by atoms with E-state index in [1.54, 1.807) is 6.20 Å². The van der Waals surface area contributed by atoms with Gasteiger partial charge in [0.05, 0.1) is 5.25 Å². The number of piperazine rings is 1. The van der Waals surface area contributed by atoms with Gasteiger partial charge in [0.2, 0.25) is 5.91 Å². The van der Waals surface area contributed by atoms with Crippen LogP contribution in [0.3, 0.4) is 0 Å². The number of H-pyrrole nitrogens is 1. The monoisotopic (exact) mass is 397 g/mol. The van der Waals surface area contributed by atoms with E-state index in [9.17, 15) is 4.79 Å². The number of hydrogen-bond donors (Lipinski definition) is 1. The van der Waals surface area contributed by atoms with E-state index < -0.39 is 0 Å². The molecule has 4 rings (SSSR count). The number of thioether (sulfide) groups is 1. The minimum Gasteiger partial charge on any atom is -0.410 e. The maximum absolute atomic E-state index is 12.8. The lowest BCUT2D eigenvalue weighted by atomic mass is 10.2. The van der Waals surface area contributed by atoms with Crippen molar-refractivity contribution in [1.82, 2.24) is 25.0 Å². The van der Waals surface area contributed by atoms with E-state index in [0.717, 1.165) is 38.4 Å². The smallest absolute Gasteiger partial charge is 0.277 e. The predicted octanol–water partition coefficient (Wildman–Crippen LogP) is 2.89. The normalized spacial score (nSPS) is 16.2. The third kappa shape index (κ3) is 4.45. The second-order valence-corrected chi connectivity index (χ2v) is 8.10. The molecule has 0 unspecified atom stereocenters. The summed E-state index contributed by atoms with van der Waals surface area (Å²) in [6, 6.07) is 14.2. The van der Waals surface area contributed by atoms with Crippen molar-refractivity contribution in [2.45, 2.75) is 23.9 Å². The van der Waals surface area contributed by atoms with Gasteiger partial charge >= 0.3 is 0 Å². The molecular formula is C20H23N5O2S. The van der Waals surface area contributed by atoms with Crippen LogP contribution in [0.2, 0.25) is 0 Å². The van der Waals surface area contributed by atoms with Gasteiger partial charge in [0, 0.05) is 38.9 Å². The summed E-state index contributed by atoms with van der Waals surface area (Å²) in [4.78, 5) is 20.1. The van der Waals surface area contributed by atoms with Gasteiger partial charge in [-0.25, -0.2) is 0 Å². The molecule has 1 aliphatic rings. The van der Waals surface area contributed by atoms with Crippen LogP contribution in [0, 0.1) is 0 Å². The molecule has 0 saturated carbocycles. The van der Waals surface area contributed by atoms with Gasteiger partial charge in [-0.15, -0.1) is 10.2 Å². The first-order valence-corrected chi connectivity index (χ1v) is 10.3. The lowest BCUT2D eigenvalue weighted by molar-refractivity contribution is -0.132. The van der Waals surface area contributed by atoms with Crippen LogP contribution in [0.25, 0.3) is 11.6 Å². The van der Waals surface area contributed by atoms with Crippen molar-refractivity contribution in [3.8, 4) is 11.6 Å². The number of aromatic amines is 1. The van der Waals surface area contributed by atoms with Gasteiger partial charge in [0.25, 0.3) is 11.1 Å². The van der Waals surface area contributed by atoms with Gasteiger partial charge in [-0.05, 0) is 24.6 Å². The second-order valence-electron chi connectivity index (χ2n) is 6.80. The SMILES string of the molecule is C[C@@H](Sc1nnc(-c2ccc[nH]2)o1)C(=O)N1CCN(Cc2ccccc2)CC1. The molecule has 1 atom stereocenters. The van der Waals surface area contributed by atoms with Gasteiger partial charge in [0.1, 0.15) is 5.69 Å². The van der Waals surface area contributed by atoms with Gasteiger partial charge < -0.3 is 14.3 Å². The molecule has 8 heteroatoms. The minimum absolute atomic E-state index is 0.115. The highest BCUT2D eigenvalue weighted by atomic mass is 32.2. The zero-order valence-corrected chi connectivity index (χ0v) is 16.6. The van der Waals surface area contributed by atoms with Crippen molar-refractivity contribution < 1.29 is 9.21 Å². The number of rotatable bonds is 6. The number of amides is 1. The largest absolute Gasteiger partial charge is 0.410 e. The Morgan fingerprint density at radius 2 is 1.93 bits per heavy atom. The lowest BCUT2D eigenvalue weighted by Crippen LogP contribution is -2.50. The molecule has 0 bridgehead atoms. The Bertz CT molecular complexity index is 888. The summed E-state index contributed by atoms with van der Waals surface area (Å²) < 4.78 is 5.65. The van der Waals surface area contributed by atoms with Gasteiger partial charge in [-0.1, -0.05) is 42.1 Å². The lowest BCUT2D eigenvalue weighted by Gasteiger charge is -2.35. The Balaban J connectivity index is 1.28. The standard InChI is InChI=1S/C20H23N5O2S/c1-15(28-20-23-22-18(27-20)17-8-5-9-21-17)19(26)25-12-10-24(11-13-25)14-16-6-3-2-4-7-16/h2-9,15,21H,10-14H2,1H3/t15-/m1/s1. The molecule has 7 nitrogen and oxygen atoms in total. The fourth-order valence-corrected chi connectivity index (χ4v) is 4.02. The van der Waals surface area contributed by atoms with Crippen molar-refractivity contribution in [3.05, 3.63) is 54.2 Å². The molecule has 0 aliphatic carbocycles. The number of carbonyl (C=O) groups is 1. The van der Waals surface area contributed by atoms with Crippen molar-refractivity contribution >= 4 is 17.7 Å². The summed E-state index contributed by atoms with van der Waals surface area (Å²) in [6.45, 7) is 6.08. The minimum atomic E-state index is -0.266. The Hall–Kier alpha value is -2.58. The molecule has 1 aliphatic heterocycles. The Morgan fingerprint density at radius 3 is 2.64 bits per heavy atom. The highest BCUT2D eigenvalue weighted by Gasteiger charge is 2.27. The number of aromatic nitrogens is 3. The Morgan fingerprint density at radius 1 is 1.14 bits per heavy atom. The van der Waals surface area contributed by atoms with Crippen LogP contribution >= 0.6 is 11.8 Å². The number of benzene rings is 1.